The third-order valence-electron chi connectivity index (χ3n) is 1.55. The first-order valence-electron chi connectivity index (χ1n) is 4.42. The molecule has 8 heteroatoms. The van der Waals surface area contributed by atoms with Crippen LogP contribution in [-0.2, 0) is 10.0 Å². The largest absolute Gasteiger partial charge is 0.396 e. The molecule has 15 heavy (non-hydrogen) atoms. The van der Waals surface area contributed by atoms with Gasteiger partial charge in [-0.05, 0) is 12.8 Å². The van der Waals surface area contributed by atoms with Gasteiger partial charge in [0.1, 0.15) is 0 Å². The molecule has 0 aliphatic heterocycles. The van der Waals surface area contributed by atoms with Gasteiger partial charge in [-0.25, -0.2) is 13.1 Å². The van der Waals surface area contributed by atoms with Gasteiger partial charge in [0.2, 0.25) is 10.0 Å². The first-order valence-corrected chi connectivity index (χ1v) is 6.07. The summed E-state index contributed by atoms with van der Waals surface area (Å²) in [6, 6.07) is 0. The van der Waals surface area contributed by atoms with Crippen LogP contribution < -0.4 is 4.72 Å². The van der Waals surface area contributed by atoms with Crippen LogP contribution in [0.5, 0.6) is 0 Å². The lowest BCUT2D eigenvalue weighted by Crippen LogP contribution is -2.30. The summed E-state index contributed by atoms with van der Waals surface area (Å²) in [6.07, 6.45) is -4.97. The van der Waals surface area contributed by atoms with Gasteiger partial charge in [0.25, 0.3) is 0 Å². The number of hydrogen-bond donors (Lipinski definition) is 2. The van der Waals surface area contributed by atoms with E-state index in [0.717, 1.165) is 0 Å². The highest BCUT2D eigenvalue weighted by Crippen LogP contribution is 2.18. The van der Waals surface area contributed by atoms with Crippen molar-refractivity contribution < 1.29 is 26.7 Å². The Labute approximate surface area is 86.5 Å². The molecule has 0 bridgehead atoms. The molecule has 0 amide bonds. The fraction of sp³-hybridized carbons (Fsp3) is 1.00. The summed E-state index contributed by atoms with van der Waals surface area (Å²) in [5.74, 6) is -0.259. The van der Waals surface area contributed by atoms with Crippen LogP contribution in [0.1, 0.15) is 19.3 Å². The molecule has 0 aromatic heterocycles. The topological polar surface area (TPSA) is 66.4 Å². The van der Waals surface area contributed by atoms with Gasteiger partial charge in [0, 0.05) is 13.2 Å². The lowest BCUT2D eigenvalue weighted by Gasteiger charge is -2.08. The van der Waals surface area contributed by atoms with Crippen LogP contribution in [0.25, 0.3) is 0 Å². The van der Waals surface area contributed by atoms with Gasteiger partial charge in [-0.2, -0.15) is 13.2 Å². The average molecular weight is 249 g/mol. The molecule has 0 saturated heterocycles. The van der Waals surface area contributed by atoms with Crippen LogP contribution in [0, 0.1) is 0 Å². The number of rotatable bonds is 7. The Morgan fingerprint density at radius 3 is 2.27 bits per heavy atom. The fourth-order valence-corrected chi connectivity index (χ4v) is 1.97. The zero-order chi connectivity index (χ0) is 11.9. The van der Waals surface area contributed by atoms with E-state index in [0.29, 0.717) is 6.42 Å². The standard InChI is InChI=1S/C7H14F3NO3S/c8-7(9,10)3-4-11-15(13,14)6-2-1-5-12/h11-12H,1-6H2. The number of nitrogens with one attached hydrogen (secondary N) is 1. The molecule has 0 aliphatic rings. The number of alkyl halides is 3. The van der Waals surface area contributed by atoms with Crippen molar-refractivity contribution in [2.45, 2.75) is 25.4 Å². The number of aliphatic hydroxyl groups is 1. The van der Waals surface area contributed by atoms with Gasteiger partial charge in [-0.1, -0.05) is 0 Å². The predicted octanol–water partition coefficient (Wildman–Crippen LogP) is 0.631. The second-order valence-electron chi connectivity index (χ2n) is 3.01. The van der Waals surface area contributed by atoms with Gasteiger partial charge in [-0.15, -0.1) is 0 Å². The Morgan fingerprint density at radius 2 is 1.80 bits per heavy atom. The van der Waals surface area contributed by atoms with E-state index in [1.807, 2.05) is 4.72 Å². The Balaban J connectivity index is 3.75. The molecule has 2 N–H and O–H groups in total. The Hall–Kier alpha value is -0.340. The number of unbranched alkanes of at least 4 members (excludes halogenated alkanes) is 1. The molecule has 0 fully saturated rings. The van der Waals surface area contributed by atoms with Crippen molar-refractivity contribution in [2.75, 3.05) is 18.9 Å². The van der Waals surface area contributed by atoms with Crippen LogP contribution >= 0.6 is 0 Å². The van der Waals surface area contributed by atoms with Gasteiger partial charge in [0.15, 0.2) is 0 Å². The molecule has 0 atom stereocenters. The number of halogens is 3. The predicted molar refractivity (Wildman–Crippen MR) is 48.8 cm³/mol. The van der Waals surface area contributed by atoms with E-state index in [-0.39, 0.29) is 18.8 Å². The van der Waals surface area contributed by atoms with Gasteiger partial charge in [0.05, 0.1) is 12.2 Å². The van der Waals surface area contributed by atoms with E-state index in [1.54, 1.807) is 0 Å². The lowest BCUT2D eigenvalue weighted by molar-refractivity contribution is -0.132. The highest BCUT2D eigenvalue weighted by molar-refractivity contribution is 7.89. The molecule has 0 aromatic rings. The number of aliphatic hydroxyl groups excluding tert-OH is 1. The van der Waals surface area contributed by atoms with E-state index in [4.69, 9.17) is 5.11 Å². The normalized spacial score (nSPS) is 13.1. The first-order chi connectivity index (χ1) is 6.77. The number of hydrogen-bond acceptors (Lipinski definition) is 3. The zero-order valence-electron chi connectivity index (χ0n) is 8.05. The molecule has 0 rings (SSSR count). The maximum absolute atomic E-state index is 11.7. The SMILES string of the molecule is O=S(=O)(CCCCO)NCCC(F)(F)F. The van der Waals surface area contributed by atoms with E-state index >= 15 is 0 Å². The van der Waals surface area contributed by atoms with Crippen molar-refractivity contribution in [2.24, 2.45) is 0 Å². The molecule has 4 nitrogen and oxygen atoms in total. The Morgan fingerprint density at radius 1 is 1.20 bits per heavy atom. The highest BCUT2D eigenvalue weighted by Gasteiger charge is 2.27. The number of sulfonamides is 1. The summed E-state index contributed by atoms with van der Waals surface area (Å²) in [4.78, 5) is 0. The third kappa shape index (κ3) is 9.95. The zero-order valence-corrected chi connectivity index (χ0v) is 8.86. The summed E-state index contributed by atoms with van der Waals surface area (Å²) in [7, 11) is -3.64. The molecule has 0 saturated carbocycles. The molecule has 0 aliphatic carbocycles. The summed E-state index contributed by atoms with van der Waals surface area (Å²) in [5.41, 5.74) is 0. The van der Waals surface area contributed by atoms with Crippen molar-refractivity contribution in [1.29, 1.82) is 0 Å². The summed E-state index contributed by atoms with van der Waals surface area (Å²) in [6.45, 7) is -0.761. The van der Waals surface area contributed by atoms with E-state index in [9.17, 15) is 21.6 Å². The van der Waals surface area contributed by atoms with Crippen molar-refractivity contribution in [3.63, 3.8) is 0 Å². The summed E-state index contributed by atoms with van der Waals surface area (Å²) < 4.78 is 58.9. The smallest absolute Gasteiger partial charge is 0.390 e. The van der Waals surface area contributed by atoms with Crippen LogP contribution in [0.4, 0.5) is 13.2 Å². The summed E-state index contributed by atoms with van der Waals surface area (Å²) in [5, 5.41) is 8.38. The van der Waals surface area contributed by atoms with Crippen molar-refractivity contribution >= 4 is 10.0 Å². The van der Waals surface area contributed by atoms with Crippen LogP contribution in [0.2, 0.25) is 0 Å². The minimum atomic E-state index is -4.35. The van der Waals surface area contributed by atoms with E-state index < -0.39 is 29.2 Å². The van der Waals surface area contributed by atoms with Crippen molar-refractivity contribution in [3.05, 3.63) is 0 Å². The molecule has 0 spiro atoms. The minimum Gasteiger partial charge on any atom is -0.396 e. The Kier molecular flexibility index (Phi) is 6.15. The molecule has 92 valence electrons. The van der Waals surface area contributed by atoms with Crippen LogP contribution in [0.3, 0.4) is 0 Å². The van der Waals surface area contributed by atoms with E-state index in [2.05, 4.69) is 0 Å². The molecule has 0 unspecified atom stereocenters. The van der Waals surface area contributed by atoms with Crippen LogP contribution in [-0.4, -0.2) is 38.6 Å². The van der Waals surface area contributed by atoms with Crippen molar-refractivity contribution in [3.8, 4) is 0 Å². The average Bonchev–Trinajstić information content (AvgIpc) is 2.01. The van der Waals surface area contributed by atoms with E-state index in [1.165, 1.54) is 0 Å². The third-order valence-corrected chi connectivity index (χ3v) is 3.02. The van der Waals surface area contributed by atoms with Gasteiger partial charge >= 0.3 is 6.18 Å². The van der Waals surface area contributed by atoms with Gasteiger partial charge < -0.3 is 5.11 Å². The summed E-state index contributed by atoms with van der Waals surface area (Å²) >= 11 is 0. The Bertz CT molecular complexity index is 263. The molecule has 0 radical (unpaired) electrons. The quantitative estimate of drug-likeness (QED) is 0.650. The molecule has 0 heterocycles. The maximum atomic E-state index is 11.7. The molecule has 0 aromatic carbocycles. The van der Waals surface area contributed by atoms with Crippen molar-refractivity contribution in [1.82, 2.24) is 4.72 Å². The first kappa shape index (κ1) is 14.7. The highest BCUT2D eigenvalue weighted by atomic mass is 32.2. The monoisotopic (exact) mass is 249 g/mol. The van der Waals surface area contributed by atoms with Crippen LogP contribution in [0.15, 0.2) is 0 Å². The molecular formula is C7H14F3NO3S. The second kappa shape index (κ2) is 6.29. The molecular weight excluding hydrogens is 235 g/mol. The minimum absolute atomic E-state index is 0.127. The second-order valence-corrected chi connectivity index (χ2v) is 4.94. The fourth-order valence-electron chi connectivity index (χ4n) is 0.824. The lowest BCUT2D eigenvalue weighted by atomic mass is 10.4. The van der Waals surface area contributed by atoms with Gasteiger partial charge in [-0.3, -0.25) is 0 Å². The maximum Gasteiger partial charge on any atom is 0.390 e.